The minimum absolute atomic E-state index is 0.305. The number of likely N-dealkylation sites (tertiary alicyclic amines) is 1. The van der Waals surface area contributed by atoms with Gasteiger partial charge in [0.05, 0.1) is 26.0 Å². The maximum absolute atomic E-state index is 5.71. The maximum atomic E-state index is 5.71. The molecule has 0 N–H and O–H groups in total. The average Bonchev–Trinajstić information content (AvgIpc) is 3.03. The monoisotopic (exact) mass is 237 g/mol. The lowest BCUT2D eigenvalue weighted by atomic mass is 10.2. The van der Waals surface area contributed by atoms with Crippen molar-refractivity contribution in [3.8, 4) is 0 Å². The standard InChI is InChI=1S/C12H19N3O2/c1-2-15-9-11(7-13-15)8-14-4-3-12(10-14)16-5-6-17-12/h7,9H,2-6,8,10H2,1H3. The third-order valence-electron chi connectivity index (χ3n) is 3.50. The van der Waals surface area contributed by atoms with E-state index in [1.807, 2.05) is 10.9 Å². The van der Waals surface area contributed by atoms with Crippen LogP contribution in [0.3, 0.4) is 0 Å². The summed E-state index contributed by atoms with van der Waals surface area (Å²) in [5.41, 5.74) is 1.27. The highest BCUT2D eigenvalue weighted by atomic mass is 16.7. The van der Waals surface area contributed by atoms with Crippen molar-refractivity contribution in [2.45, 2.75) is 32.2 Å². The summed E-state index contributed by atoms with van der Waals surface area (Å²) >= 11 is 0. The molecule has 17 heavy (non-hydrogen) atoms. The Labute approximate surface area is 101 Å². The van der Waals surface area contributed by atoms with Crippen LogP contribution in [0.1, 0.15) is 18.9 Å². The predicted octanol–water partition coefficient (Wildman–Crippen LogP) is 0.852. The fourth-order valence-electron chi connectivity index (χ4n) is 2.61. The van der Waals surface area contributed by atoms with Gasteiger partial charge in [-0.05, 0) is 6.92 Å². The van der Waals surface area contributed by atoms with Crippen molar-refractivity contribution in [1.82, 2.24) is 14.7 Å². The van der Waals surface area contributed by atoms with Crippen molar-refractivity contribution in [3.05, 3.63) is 18.0 Å². The summed E-state index contributed by atoms with van der Waals surface area (Å²) in [6, 6.07) is 0. The molecule has 5 heteroatoms. The zero-order valence-corrected chi connectivity index (χ0v) is 10.3. The Morgan fingerprint density at radius 1 is 1.41 bits per heavy atom. The zero-order valence-electron chi connectivity index (χ0n) is 10.3. The van der Waals surface area contributed by atoms with Crippen molar-refractivity contribution in [1.29, 1.82) is 0 Å². The molecule has 1 aromatic heterocycles. The molecule has 0 unspecified atom stereocenters. The molecule has 0 aromatic carbocycles. The van der Waals surface area contributed by atoms with Crippen molar-refractivity contribution >= 4 is 0 Å². The largest absolute Gasteiger partial charge is 0.346 e. The van der Waals surface area contributed by atoms with Crippen LogP contribution in [0, 0.1) is 0 Å². The number of hydrogen-bond donors (Lipinski definition) is 0. The lowest BCUT2D eigenvalue weighted by Gasteiger charge is -2.22. The molecule has 0 atom stereocenters. The van der Waals surface area contributed by atoms with Crippen molar-refractivity contribution in [2.75, 3.05) is 26.3 Å². The summed E-state index contributed by atoms with van der Waals surface area (Å²) in [4.78, 5) is 2.38. The molecule has 0 bridgehead atoms. The first kappa shape index (κ1) is 11.2. The highest BCUT2D eigenvalue weighted by Crippen LogP contribution is 2.31. The van der Waals surface area contributed by atoms with Crippen LogP contribution in [-0.2, 0) is 22.6 Å². The van der Waals surface area contributed by atoms with Gasteiger partial charge in [0.15, 0.2) is 5.79 Å². The molecule has 3 heterocycles. The summed E-state index contributed by atoms with van der Waals surface area (Å²) in [7, 11) is 0. The normalized spacial score (nSPS) is 23.8. The van der Waals surface area contributed by atoms with Gasteiger partial charge in [-0.3, -0.25) is 9.58 Å². The summed E-state index contributed by atoms with van der Waals surface area (Å²) in [5, 5.41) is 4.29. The molecule has 1 aromatic rings. The molecule has 0 saturated carbocycles. The van der Waals surface area contributed by atoms with Gasteiger partial charge in [0.2, 0.25) is 0 Å². The fraction of sp³-hybridized carbons (Fsp3) is 0.750. The maximum Gasteiger partial charge on any atom is 0.182 e. The Kier molecular flexibility index (Phi) is 2.90. The number of aryl methyl sites for hydroxylation is 1. The lowest BCUT2D eigenvalue weighted by molar-refractivity contribution is -0.145. The van der Waals surface area contributed by atoms with E-state index in [4.69, 9.17) is 9.47 Å². The first-order valence-electron chi connectivity index (χ1n) is 6.31. The third-order valence-corrected chi connectivity index (χ3v) is 3.50. The van der Waals surface area contributed by atoms with Gasteiger partial charge in [-0.1, -0.05) is 0 Å². The average molecular weight is 237 g/mol. The molecule has 2 saturated heterocycles. The number of aromatic nitrogens is 2. The Hall–Kier alpha value is -0.910. The lowest BCUT2D eigenvalue weighted by Crippen LogP contribution is -2.34. The SMILES string of the molecule is CCn1cc(CN2CCC3(C2)OCCO3)cn1. The van der Waals surface area contributed by atoms with Gasteiger partial charge in [-0.2, -0.15) is 5.10 Å². The zero-order chi connectivity index (χ0) is 11.7. The van der Waals surface area contributed by atoms with Gasteiger partial charge in [-0.25, -0.2) is 0 Å². The minimum atomic E-state index is -0.305. The number of rotatable bonds is 3. The van der Waals surface area contributed by atoms with Gasteiger partial charge < -0.3 is 9.47 Å². The van der Waals surface area contributed by atoms with Gasteiger partial charge in [0, 0.05) is 37.8 Å². The van der Waals surface area contributed by atoms with Crippen LogP contribution in [0.25, 0.3) is 0 Å². The molecule has 0 aliphatic carbocycles. The van der Waals surface area contributed by atoms with E-state index < -0.39 is 0 Å². The molecule has 2 aliphatic rings. The second-order valence-electron chi connectivity index (χ2n) is 4.77. The predicted molar refractivity (Wildman–Crippen MR) is 62.4 cm³/mol. The summed E-state index contributed by atoms with van der Waals surface area (Å²) in [5.74, 6) is -0.305. The smallest absolute Gasteiger partial charge is 0.182 e. The molecule has 2 aliphatic heterocycles. The van der Waals surface area contributed by atoms with Crippen LogP contribution in [0.15, 0.2) is 12.4 Å². The topological polar surface area (TPSA) is 39.5 Å². The Morgan fingerprint density at radius 3 is 2.94 bits per heavy atom. The molecule has 3 rings (SSSR count). The molecular formula is C12H19N3O2. The van der Waals surface area contributed by atoms with Gasteiger partial charge >= 0.3 is 0 Å². The van der Waals surface area contributed by atoms with Crippen molar-refractivity contribution in [2.24, 2.45) is 0 Å². The molecule has 5 nitrogen and oxygen atoms in total. The van der Waals surface area contributed by atoms with E-state index in [1.54, 1.807) is 0 Å². The molecule has 2 fully saturated rings. The molecule has 1 spiro atoms. The first-order valence-corrected chi connectivity index (χ1v) is 6.31. The Balaban J connectivity index is 1.59. The van der Waals surface area contributed by atoms with Crippen LogP contribution in [0.5, 0.6) is 0 Å². The van der Waals surface area contributed by atoms with Crippen LogP contribution < -0.4 is 0 Å². The quantitative estimate of drug-likeness (QED) is 0.781. The van der Waals surface area contributed by atoms with Gasteiger partial charge in [-0.15, -0.1) is 0 Å². The summed E-state index contributed by atoms with van der Waals surface area (Å²) in [6.07, 6.45) is 5.04. The van der Waals surface area contributed by atoms with E-state index in [0.29, 0.717) is 0 Å². The van der Waals surface area contributed by atoms with Gasteiger partial charge in [0.25, 0.3) is 0 Å². The van der Waals surface area contributed by atoms with E-state index >= 15 is 0 Å². The molecule has 0 amide bonds. The van der Waals surface area contributed by atoms with E-state index in [-0.39, 0.29) is 5.79 Å². The van der Waals surface area contributed by atoms with E-state index in [0.717, 1.165) is 45.8 Å². The minimum Gasteiger partial charge on any atom is -0.346 e. The van der Waals surface area contributed by atoms with Crippen molar-refractivity contribution in [3.63, 3.8) is 0 Å². The fourth-order valence-corrected chi connectivity index (χ4v) is 2.61. The van der Waals surface area contributed by atoms with Crippen LogP contribution in [0.4, 0.5) is 0 Å². The second-order valence-corrected chi connectivity index (χ2v) is 4.77. The summed E-state index contributed by atoms with van der Waals surface area (Å²) < 4.78 is 13.4. The Morgan fingerprint density at radius 2 is 2.24 bits per heavy atom. The van der Waals surface area contributed by atoms with Crippen LogP contribution in [0.2, 0.25) is 0 Å². The summed E-state index contributed by atoms with van der Waals surface area (Å²) in [6.45, 7) is 7.36. The van der Waals surface area contributed by atoms with Gasteiger partial charge in [0.1, 0.15) is 0 Å². The second kappa shape index (κ2) is 4.40. The van der Waals surface area contributed by atoms with E-state index in [2.05, 4.69) is 23.1 Å². The number of hydrogen-bond acceptors (Lipinski definition) is 4. The number of nitrogens with zero attached hydrogens (tertiary/aromatic N) is 3. The Bertz CT molecular complexity index is 385. The molecule has 94 valence electrons. The van der Waals surface area contributed by atoms with E-state index in [1.165, 1.54) is 5.56 Å². The highest BCUT2D eigenvalue weighted by molar-refractivity contribution is 5.04. The van der Waals surface area contributed by atoms with Crippen LogP contribution in [-0.4, -0.2) is 46.8 Å². The van der Waals surface area contributed by atoms with E-state index in [9.17, 15) is 0 Å². The first-order chi connectivity index (χ1) is 8.30. The number of ether oxygens (including phenoxy) is 2. The highest BCUT2D eigenvalue weighted by Gasteiger charge is 2.43. The van der Waals surface area contributed by atoms with Crippen molar-refractivity contribution < 1.29 is 9.47 Å². The molecule has 0 radical (unpaired) electrons. The third kappa shape index (κ3) is 2.22. The molecular weight excluding hydrogens is 218 g/mol. The van der Waals surface area contributed by atoms with Crippen LogP contribution >= 0.6 is 0 Å².